The summed E-state index contributed by atoms with van der Waals surface area (Å²) in [5.74, 6) is -0.168. The normalized spacial score (nSPS) is 29.1. The number of fused-ring (bicyclic) bond motifs is 1. The van der Waals surface area contributed by atoms with Crippen molar-refractivity contribution in [1.29, 1.82) is 0 Å². The molecule has 4 heteroatoms. The highest BCUT2D eigenvalue weighted by atomic mass is 35.5. The van der Waals surface area contributed by atoms with Crippen LogP contribution < -0.4 is 0 Å². The van der Waals surface area contributed by atoms with Gasteiger partial charge in [0.15, 0.2) is 0 Å². The van der Waals surface area contributed by atoms with Gasteiger partial charge < -0.3 is 9.64 Å². The highest BCUT2D eigenvalue weighted by Gasteiger charge is 2.44. The molecule has 2 atom stereocenters. The Morgan fingerprint density at radius 2 is 2.00 bits per heavy atom. The summed E-state index contributed by atoms with van der Waals surface area (Å²) >= 11 is 0. The van der Waals surface area contributed by atoms with Crippen LogP contribution >= 0.6 is 12.4 Å². The van der Waals surface area contributed by atoms with Crippen molar-refractivity contribution in [1.82, 2.24) is 4.90 Å². The highest BCUT2D eigenvalue weighted by molar-refractivity contribution is 5.85. The quantitative estimate of drug-likeness (QED) is 0.783. The zero-order chi connectivity index (χ0) is 14.0. The first-order valence-corrected chi connectivity index (χ1v) is 7.69. The largest absolute Gasteiger partial charge is 0.454 e. The molecule has 0 aromatic heterocycles. The average molecular weight is 310 g/mol. The third kappa shape index (κ3) is 3.41. The predicted molar refractivity (Wildman–Crippen MR) is 85.6 cm³/mol. The molecule has 0 aliphatic carbocycles. The molecule has 2 heterocycles. The van der Waals surface area contributed by atoms with Crippen LogP contribution in [0.4, 0.5) is 0 Å². The van der Waals surface area contributed by atoms with E-state index in [1.807, 2.05) is 18.2 Å². The second kappa shape index (κ2) is 6.80. The summed E-state index contributed by atoms with van der Waals surface area (Å²) in [6, 6.07) is 10.8. The van der Waals surface area contributed by atoms with E-state index in [0.717, 1.165) is 24.9 Å². The van der Waals surface area contributed by atoms with Crippen molar-refractivity contribution in [3.05, 3.63) is 35.9 Å². The lowest BCUT2D eigenvalue weighted by Gasteiger charge is -2.48. The number of carbonyl (C=O) groups excluding carboxylic acids is 1. The molecule has 0 spiro atoms. The van der Waals surface area contributed by atoms with E-state index in [-0.39, 0.29) is 18.4 Å². The molecule has 3 rings (SSSR count). The lowest BCUT2D eigenvalue weighted by Crippen LogP contribution is -2.52. The van der Waals surface area contributed by atoms with E-state index in [4.69, 9.17) is 4.74 Å². The van der Waals surface area contributed by atoms with Crippen molar-refractivity contribution < 1.29 is 9.53 Å². The maximum absolute atomic E-state index is 11.6. The lowest BCUT2D eigenvalue weighted by molar-refractivity contribution is -0.168. The minimum atomic E-state index is -0.411. The molecule has 0 saturated carbocycles. The van der Waals surface area contributed by atoms with Crippen molar-refractivity contribution >= 4 is 18.4 Å². The summed E-state index contributed by atoms with van der Waals surface area (Å²) in [5.41, 5.74) is 0.742. The van der Waals surface area contributed by atoms with Crippen LogP contribution in [0.3, 0.4) is 0 Å². The van der Waals surface area contributed by atoms with Crippen LogP contribution in [-0.2, 0) is 15.1 Å². The summed E-state index contributed by atoms with van der Waals surface area (Å²) in [6.45, 7) is 3.76. The Hall–Kier alpha value is -1.06. The fourth-order valence-electron chi connectivity index (χ4n) is 3.82. The molecular weight excluding hydrogens is 286 g/mol. The molecule has 3 nitrogen and oxygen atoms in total. The monoisotopic (exact) mass is 309 g/mol. The van der Waals surface area contributed by atoms with Gasteiger partial charge in [-0.2, -0.15) is 0 Å². The van der Waals surface area contributed by atoms with Gasteiger partial charge in [0.1, 0.15) is 5.60 Å². The fourth-order valence-corrected chi connectivity index (χ4v) is 3.82. The van der Waals surface area contributed by atoms with Crippen molar-refractivity contribution in [2.75, 3.05) is 13.1 Å². The number of nitrogens with zero attached hydrogens (tertiary/aromatic N) is 1. The summed E-state index contributed by atoms with van der Waals surface area (Å²) in [4.78, 5) is 14.2. The highest BCUT2D eigenvalue weighted by Crippen LogP contribution is 2.41. The maximum Gasteiger partial charge on any atom is 0.303 e. The number of carbonyl (C=O) groups is 1. The summed E-state index contributed by atoms with van der Waals surface area (Å²) < 4.78 is 5.85. The first kappa shape index (κ1) is 16.3. The fraction of sp³-hybridized carbons (Fsp3) is 0.588. The third-order valence-corrected chi connectivity index (χ3v) is 4.76. The Kier molecular flexibility index (Phi) is 5.28. The minimum absolute atomic E-state index is 0. The van der Waals surface area contributed by atoms with Gasteiger partial charge in [-0.05, 0) is 24.9 Å². The minimum Gasteiger partial charge on any atom is -0.454 e. The van der Waals surface area contributed by atoms with Crippen LogP contribution in [0.5, 0.6) is 0 Å². The molecule has 0 N–H and O–H groups in total. The number of esters is 1. The van der Waals surface area contributed by atoms with E-state index in [1.54, 1.807) is 0 Å². The van der Waals surface area contributed by atoms with Crippen molar-refractivity contribution in [3.63, 3.8) is 0 Å². The van der Waals surface area contributed by atoms with Crippen LogP contribution in [0, 0.1) is 0 Å². The van der Waals surface area contributed by atoms with Gasteiger partial charge in [0.2, 0.25) is 0 Å². The lowest BCUT2D eigenvalue weighted by atomic mass is 9.78. The Bertz CT molecular complexity index is 479. The Morgan fingerprint density at radius 3 is 2.71 bits per heavy atom. The maximum atomic E-state index is 11.6. The Balaban J connectivity index is 0.00000161. The van der Waals surface area contributed by atoms with Crippen LogP contribution in [0.25, 0.3) is 0 Å². The molecule has 0 amide bonds. The number of rotatable bonds is 2. The van der Waals surface area contributed by atoms with Gasteiger partial charge in [0, 0.05) is 32.4 Å². The van der Waals surface area contributed by atoms with Crippen LogP contribution in [0.1, 0.15) is 44.6 Å². The zero-order valence-corrected chi connectivity index (χ0v) is 13.4. The second-order valence-electron chi connectivity index (χ2n) is 6.09. The smallest absolute Gasteiger partial charge is 0.303 e. The third-order valence-electron chi connectivity index (χ3n) is 4.76. The van der Waals surface area contributed by atoms with Crippen molar-refractivity contribution in [2.45, 2.75) is 50.7 Å². The zero-order valence-electron chi connectivity index (χ0n) is 12.6. The molecule has 116 valence electrons. The standard InChI is InChI=1S/C17H23NO2.ClH/c1-14(19)20-17(15-7-3-2-4-8-15)10-12-18-11-6-5-9-16(18)13-17;/h2-4,7-8,16H,5-6,9-13H2,1H3;1H/t16-,17-;/m1./s1. The van der Waals surface area contributed by atoms with Crippen molar-refractivity contribution in [3.8, 4) is 0 Å². The molecule has 21 heavy (non-hydrogen) atoms. The van der Waals surface area contributed by atoms with Crippen LogP contribution in [0.2, 0.25) is 0 Å². The molecular formula is C17H24ClNO2. The van der Waals surface area contributed by atoms with E-state index in [0.29, 0.717) is 6.04 Å². The molecule has 1 aromatic rings. The molecule has 2 fully saturated rings. The Morgan fingerprint density at radius 1 is 1.24 bits per heavy atom. The molecule has 0 bridgehead atoms. The van der Waals surface area contributed by atoms with Gasteiger partial charge in [0.25, 0.3) is 0 Å². The first-order valence-electron chi connectivity index (χ1n) is 7.69. The van der Waals surface area contributed by atoms with E-state index in [1.165, 1.54) is 32.7 Å². The van der Waals surface area contributed by atoms with Crippen LogP contribution in [0.15, 0.2) is 30.3 Å². The number of halogens is 1. The number of benzene rings is 1. The van der Waals surface area contributed by atoms with Gasteiger partial charge >= 0.3 is 5.97 Å². The SMILES string of the molecule is CC(=O)O[C@]1(c2ccccc2)CCN2CCCC[C@@H]2C1.Cl. The van der Waals surface area contributed by atoms with Gasteiger partial charge in [-0.15, -0.1) is 12.4 Å². The molecule has 2 aliphatic rings. The predicted octanol–water partition coefficient (Wildman–Crippen LogP) is 3.52. The van der Waals surface area contributed by atoms with Gasteiger partial charge in [0.05, 0.1) is 0 Å². The molecule has 0 unspecified atom stereocenters. The van der Waals surface area contributed by atoms with Gasteiger partial charge in [-0.1, -0.05) is 36.8 Å². The summed E-state index contributed by atoms with van der Waals surface area (Å²) in [5, 5.41) is 0. The van der Waals surface area contributed by atoms with E-state index in [9.17, 15) is 4.79 Å². The van der Waals surface area contributed by atoms with Gasteiger partial charge in [-0.25, -0.2) is 0 Å². The van der Waals surface area contributed by atoms with Crippen LogP contribution in [-0.4, -0.2) is 30.0 Å². The summed E-state index contributed by atoms with van der Waals surface area (Å²) in [7, 11) is 0. The topological polar surface area (TPSA) is 29.5 Å². The number of hydrogen-bond donors (Lipinski definition) is 0. The summed E-state index contributed by atoms with van der Waals surface area (Å²) in [6.07, 6.45) is 5.69. The van der Waals surface area contributed by atoms with E-state index in [2.05, 4.69) is 17.0 Å². The van der Waals surface area contributed by atoms with Gasteiger partial charge in [-0.3, -0.25) is 4.79 Å². The second-order valence-corrected chi connectivity index (χ2v) is 6.09. The van der Waals surface area contributed by atoms with Crippen molar-refractivity contribution in [2.24, 2.45) is 0 Å². The average Bonchev–Trinajstić information content (AvgIpc) is 2.47. The molecule has 0 radical (unpaired) electrons. The first-order chi connectivity index (χ1) is 9.70. The van der Waals surface area contributed by atoms with E-state index < -0.39 is 5.60 Å². The number of ether oxygens (including phenoxy) is 1. The number of piperidine rings is 2. The molecule has 2 saturated heterocycles. The van der Waals surface area contributed by atoms with E-state index >= 15 is 0 Å². The molecule has 1 aromatic carbocycles. The Labute approximate surface area is 133 Å². The molecule has 2 aliphatic heterocycles. The number of hydrogen-bond acceptors (Lipinski definition) is 3.